The Bertz CT molecular complexity index is 686. The van der Waals surface area contributed by atoms with Gasteiger partial charge in [0.1, 0.15) is 0 Å². The van der Waals surface area contributed by atoms with E-state index in [2.05, 4.69) is 10.00 Å². The number of para-hydroxylation sites is 1. The van der Waals surface area contributed by atoms with Crippen LogP contribution in [0.3, 0.4) is 0 Å². The van der Waals surface area contributed by atoms with Crippen molar-refractivity contribution in [1.29, 1.82) is 0 Å². The number of benzene rings is 1. The summed E-state index contributed by atoms with van der Waals surface area (Å²) in [5.74, 6) is -0.452. The van der Waals surface area contributed by atoms with Crippen molar-refractivity contribution in [2.75, 3.05) is 14.2 Å². The number of aliphatic hydroxyl groups is 1. The normalized spacial score (nSPS) is 23.6. The molecule has 3 rings (SSSR count). The number of esters is 1. The van der Waals surface area contributed by atoms with Crippen molar-refractivity contribution >= 4 is 5.97 Å². The minimum absolute atomic E-state index is 0.0471. The van der Waals surface area contributed by atoms with E-state index < -0.39 is 6.10 Å². The van der Waals surface area contributed by atoms with E-state index in [4.69, 9.17) is 4.74 Å². The number of likely N-dealkylation sites (N-methyl/N-ethyl adjacent to an activating group) is 1. The van der Waals surface area contributed by atoms with E-state index in [1.165, 1.54) is 7.11 Å². The lowest BCUT2D eigenvalue weighted by Gasteiger charge is -2.26. The molecule has 0 radical (unpaired) electrons. The third-order valence-electron chi connectivity index (χ3n) is 4.69. The van der Waals surface area contributed by atoms with Gasteiger partial charge in [0, 0.05) is 24.3 Å². The van der Waals surface area contributed by atoms with Gasteiger partial charge in [-0.05, 0) is 32.0 Å². The largest absolute Gasteiger partial charge is 0.469 e. The molecular formula is C18H23N3O3. The molecule has 1 aliphatic carbocycles. The first kappa shape index (κ1) is 16.7. The van der Waals surface area contributed by atoms with Crippen LogP contribution in [0.1, 0.15) is 18.4 Å². The number of hydrogen-bond donors (Lipinski definition) is 1. The monoisotopic (exact) mass is 329 g/mol. The maximum atomic E-state index is 11.7. The molecule has 1 fully saturated rings. The number of carbonyl (C=O) groups is 1. The molecule has 1 heterocycles. The first-order chi connectivity index (χ1) is 11.6. The number of ether oxygens (including phenoxy) is 1. The van der Waals surface area contributed by atoms with Gasteiger partial charge in [0.25, 0.3) is 0 Å². The Morgan fingerprint density at radius 2 is 2.12 bits per heavy atom. The maximum Gasteiger partial charge on any atom is 0.308 e. The lowest BCUT2D eigenvalue weighted by molar-refractivity contribution is -0.145. The average molecular weight is 329 g/mol. The van der Waals surface area contributed by atoms with Crippen molar-refractivity contribution in [3.63, 3.8) is 0 Å². The first-order valence-electron chi connectivity index (χ1n) is 8.13. The van der Waals surface area contributed by atoms with Crippen LogP contribution < -0.4 is 0 Å². The Labute approximate surface area is 141 Å². The van der Waals surface area contributed by atoms with Crippen LogP contribution in [0.25, 0.3) is 5.69 Å². The minimum atomic E-state index is -0.511. The zero-order valence-electron chi connectivity index (χ0n) is 14.0. The molecule has 1 N–H and O–H groups in total. The molecule has 0 saturated heterocycles. The fourth-order valence-corrected chi connectivity index (χ4v) is 3.40. The van der Waals surface area contributed by atoms with Gasteiger partial charge < -0.3 is 9.84 Å². The summed E-state index contributed by atoms with van der Waals surface area (Å²) in [6, 6.07) is 9.88. The van der Waals surface area contributed by atoms with Gasteiger partial charge in [0.05, 0.1) is 31.0 Å². The molecule has 0 aliphatic heterocycles. The van der Waals surface area contributed by atoms with Gasteiger partial charge in [-0.25, -0.2) is 4.68 Å². The average Bonchev–Trinajstić information content (AvgIpc) is 3.21. The molecule has 2 aromatic rings. The highest BCUT2D eigenvalue weighted by atomic mass is 16.5. The third-order valence-corrected chi connectivity index (χ3v) is 4.69. The summed E-state index contributed by atoms with van der Waals surface area (Å²) in [5.41, 5.74) is 2.08. The van der Waals surface area contributed by atoms with Gasteiger partial charge in [-0.15, -0.1) is 0 Å². The summed E-state index contributed by atoms with van der Waals surface area (Å²) in [6.07, 6.45) is 4.40. The molecule has 3 atom stereocenters. The molecule has 1 aliphatic rings. The third kappa shape index (κ3) is 3.49. The summed E-state index contributed by atoms with van der Waals surface area (Å²) in [6.45, 7) is 0.669. The van der Waals surface area contributed by atoms with E-state index in [1.54, 1.807) is 0 Å². The number of carbonyl (C=O) groups excluding carboxylic acids is 1. The van der Waals surface area contributed by atoms with Crippen molar-refractivity contribution < 1.29 is 14.6 Å². The van der Waals surface area contributed by atoms with E-state index in [0.29, 0.717) is 19.4 Å². The van der Waals surface area contributed by atoms with Crippen LogP contribution in [0.2, 0.25) is 0 Å². The molecule has 0 amide bonds. The first-order valence-corrected chi connectivity index (χ1v) is 8.13. The van der Waals surface area contributed by atoms with Crippen molar-refractivity contribution in [2.45, 2.75) is 31.5 Å². The van der Waals surface area contributed by atoms with Crippen molar-refractivity contribution in [3.05, 3.63) is 48.3 Å². The Morgan fingerprint density at radius 3 is 2.83 bits per heavy atom. The number of nitrogens with zero attached hydrogens (tertiary/aromatic N) is 3. The minimum Gasteiger partial charge on any atom is -0.469 e. The lowest BCUT2D eigenvalue weighted by Crippen LogP contribution is -2.37. The summed E-state index contributed by atoms with van der Waals surface area (Å²) in [7, 11) is 3.36. The second kappa shape index (κ2) is 7.15. The van der Waals surface area contributed by atoms with Crippen LogP contribution in [0.15, 0.2) is 42.7 Å². The van der Waals surface area contributed by atoms with E-state index in [1.807, 2.05) is 54.5 Å². The van der Waals surface area contributed by atoms with E-state index in [0.717, 1.165) is 11.3 Å². The van der Waals surface area contributed by atoms with Gasteiger partial charge in [0.2, 0.25) is 0 Å². The summed E-state index contributed by atoms with van der Waals surface area (Å²) >= 11 is 0. The van der Waals surface area contributed by atoms with Crippen LogP contribution in [0.5, 0.6) is 0 Å². The second-order valence-corrected chi connectivity index (χ2v) is 6.37. The fourth-order valence-electron chi connectivity index (χ4n) is 3.40. The van der Waals surface area contributed by atoms with E-state index in [-0.39, 0.29) is 17.9 Å². The quantitative estimate of drug-likeness (QED) is 0.844. The number of aliphatic hydroxyl groups excluding tert-OH is 1. The van der Waals surface area contributed by atoms with Crippen molar-refractivity contribution in [2.24, 2.45) is 5.92 Å². The van der Waals surface area contributed by atoms with Gasteiger partial charge in [-0.3, -0.25) is 9.69 Å². The summed E-state index contributed by atoms with van der Waals surface area (Å²) < 4.78 is 6.64. The maximum absolute atomic E-state index is 11.7. The lowest BCUT2D eigenvalue weighted by atomic mass is 10.1. The highest BCUT2D eigenvalue weighted by Crippen LogP contribution is 2.30. The molecular weight excluding hydrogens is 306 g/mol. The zero-order valence-corrected chi connectivity index (χ0v) is 14.0. The van der Waals surface area contributed by atoms with Gasteiger partial charge in [0.15, 0.2) is 0 Å². The van der Waals surface area contributed by atoms with Crippen LogP contribution in [-0.2, 0) is 16.1 Å². The summed E-state index contributed by atoms with van der Waals surface area (Å²) in [4.78, 5) is 13.8. The number of aromatic nitrogens is 2. The van der Waals surface area contributed by atoms with Crippen molar-refractivity contribution in [3.8, 4) is 5.69 Å². The molecule has 6 heteroatoms. The zero-order chi connectivity index (χ0) is 17.1. The van der Waals surface area contributed by atoms with Crippen LogP contribution in [-0.4, -0.2) is 52.1 Å². The summed E-state index contributed by atoms with van der Waals surface area (Å²) in [5, 5.41) is 14.7. The Morgan fingerprint density at radius 1 is 1.38 bits per heavy atom. The smallest absolute Gasteiger partial charge is 0.308 e. The molecule has 0 unspecified atom stereocenters. The van der Waals surface area contributed by atoms with Gasteiger partial charge in [-0.1, -0.05) is 18.2 Å². The molecule has 128 valence electrons. The van der Waals surface area contributed by atoms with Crippen LogP contribution >= 0.6 is 0 Å². The topological polar surface area (TPSA) is 67.6 Å². The predicted molar refractivity (Wildman–Crippen MR) is 89.6 cm³/mol. The van der Waals surface area contributed by atoms with Crippen LogP contribution in [0, 0.1) is 5.92 Å². The van der Waals surface area contributed by atoms with Crippen molar-refractivity contribution in [1.82, 2.24) is 14.7 Å². The molecule has 1 aromatic heterocycles. The number of rotatable bonds is 5. The fraction of sp³-hybridized carbons (Fsp3) is 0.444. The molecule has 0 bridgehead atoms. The highest BCUT2D eigenvalue weighted by Gasteiger charge is 2.39. The highest BCUT2D eigenvalue weighted by molar-refractivity contribution is 5.72. The molecule has 6 nitrogen and oxygen atoms in total. The predicted octanol–water partition coefficient (Wildman–Crippen LogP) is 1.62. The SMILES string of the molecule is COC(=O)[C@@H]1C[C@@H](O)[C@H](N(C)Cc2cnn(-c3ccccc3)c2)C1. The Balaban J connectivity index is 1.64. The van der Waals surface area contributed by atoms with Crippen LogP contribution in [0.4, 0.5) is 0 Å². The number of methoxy groups -OCH3 is 1. The second-order valence-electron chi connectivity index (χ2n) is 6.37. The molecule has 0 spiro atoms. The number of hydrogen-bond acceptors (Lipinski definition) is 5. The standard InChI is InChI=1S/C18H23N3O3/c1-20(16-8-14(9-17(16)22)18(23)24-2)11-13-10-19-21(12-13)15-6-4-3-5-7-15/h3-7,10,12,14,16-17,22H,8-9,11H2,1-2H3/t14-,16+,17+/m0/s1. The van der Waals surface area contributed by atoms with Gasteiger partial charge >= 0.3 is 5.97 Å². The van der Waals surface area contributed by atoms with E-state index in [9.17, 15) is 9.90 Å². The molecule has 1 aromatic carbocycles. The Kier molecular flexibility index (Phi) is 4.97. The van der Waals surface area contributed by atoms with E-state index >= 15 is 0 Å². The Hall–Kier alpha value is -2.18. The molecule has 24 heavy (non-hydrogen) atoms. The van der Waals surface area contributed by atoms with Gasteiger partial charge in [-0.2, -0.15) is 5.10 Å². The molecule has 1 saturated carbocycles.